The molecule has 1 aliphatic carbocycles. The molecule has 4 N–H and O–H groups in total. The molecule has 0 saturated carbocycles. The Morgan fingerprint density at radius 1 is 0.621 bits per heavy atom. The number of anilines is 2. The molecule has 0 amide bonds. The predicted molar refractivity (Wildman–Crippen MR) is 117 cm³/mol. The van der Waals surface area contributed by atoms with Gasteiger partial charge < -0.3 is 11.5 Å². The fourth-order valence-electron chi connectivity index (χ4n) is 4.66. The summed E-state index contributed by atoms with van der Waals surface area (Å²) in [6.45, 7) is 2.08. The van der Waals surface area contributed by atoms with E-state index in [0.29, 0.717) is 11.4 Å². The van der Waals surface area contributed by atoms with Crippen LogP contribution in [0.4, 0.5) is 15.8 Å². The van der Waals surface area contributed by atoms with Crippen molar-refractivity contribution in [3.8, 4) is 11.1 Å². The molecule has 2 nitrogen and oxygen atoms in total. The summed E-state index contributed by atoms with van der Waals surface area (Å²) in [7, 11) is 0. The van der Waals surface area contributed by atoms with Gasteiger partial charge in [0.25, 0.3) is 0 Å². The Morgan fingerprint density at radius 2 is 1.10 bits per heavy atom. The number of nitrogens with two attached hydrogens (primary N) is 2. The smallest absolute Gasteiger partial charge is 0.123 e. The summed E-state index contributed by atoms with van der Waals surface area (Å²) >= 11 is 0. The average molecular weight is 380 g/mol. The molecule has 0 radical (unpaired) electrons. The Bertz CT molecular complexity index is 1130. The van der Waals surface area contributed by atoms with Crippen LogP contribution in [0.15, 0.2) is 84.9 Å². The maximum Gasteiger partial charge on any atom is 0.123 e. The SMILES string of the molecule is Cc1ccc2c(c1)C(c1ccc(N)cc1)(c1ccc(N)cc1)c1cc(F)ccc1-2. The van der Waals surface area contributed by atoms with Crippen molar-refractivity contribution in [2.75, 3.05) is 11.5 Å². The lowest BCUT2D eigenvalue weighted by Gasteiger charge is -2.34. The van der Waals surface area contributed by atoms with Crippen LogP contribution in [-0.4, -0.2) is 0 Å². The molecule has 29 heavy (non-hydrogen) atoms. The van der Waals surface area contributed by atoms with E-state index in [-0.39, 0.29) is 5.82 Å². The maximum absolute atomic E-state index is 14.5. The van der Waals surface area contributed by atoms with Gasteiger partial charge in [-0.2, -0.15) is 0 Å². The van der Waals surface area contributed by atoms with Crippen LogP contribution in [0.3, 0.4) is 0 Å². The lowest BCUT2D eigenvalue weighted by Crippen LogP contribution is -2.28. The van der Waals surface area contributed by atoms with E-state index in [0.717, 1.165) is 38.9 Å². The maximum atomic E-state index is 14.5. The normalized spacial score (nSPS) is 13.7. The zero-order valence-electron chi connectivity index (χ0n) is 16.1. The van der Waals surface area contributed by atoms with E-state index in [2.05, 4.69) is 25.1 Å². The van der Waals surface area contributed by atoms with Crippen molar-refractivity contribution >= 4 is 11.4 Å². The van der Waals surface area contributed by atoms with Crippen molar-refractivity contribution < 1.29 is 4.39 Å². The zero-order chi connectivity index (χ0) is 20.2. The van der Waals surface area contributed by atoms with Crippen LogP contribution >= 0.6 is 0 Å². The quantitative estimate of drug-likeness (QED) is 0.388. The summed E-state index contributed by atoms with van der Waals surface area (Å²) in [6, 6.07) is 27.3. The molecule has 0 aromatic heterocycles. The molecule has 3 heteroatoms. The second kappa shape index (κ2) is 6.21. The highest BCUT2D eigenvalue weighted by Gasteiger charge is 2.46. The molecule has 0 spiro atoms. The van der Waals surface area contributed by atoms with Gasteiger partial charge in [-0.1, -0.05) is 54.1 Å². The number of hydrogen-bond donors (Lipinski definition) is 2. The lowest BCUT2D eigenvalue weighted by atomic mass is 9.67. The Balaban J connectivity index is 1.97. The summed E-state index contributed by atoms with van der Waals surface area (Å²) < 4.78 is 14.5. The van der Waals surface area contributed by atoms with Gasteiger partial charge in [0.05, 0.1) is 5.41 Å². The van der Waals surface area contributed by atoms with E-state index in [4.69, 9.17) is 11.5 Å². The molecule has 4 aromatic rings. The fraction of sp³-hybridized carbons (Fsp3) is 0.0769. The van der Waals surface area contributed by atoms with E-state index in [9.17, 15) is 4.39 Å². The van der Waals surface area contributed by atoms with E-state index < -0.39 is 5.41 Å². The highest BCUT2D eigenvalue weighted by molar-refractivity contribution is 5.86. The predicted octanol–water partition coefficient (Wildman–Crippen LogP) is 5.66. The third-order valence-corrected chi connectivity index (χ3v) is 5.94. The Labute approximate surface area is 169 Å². The van der Waals surface area contributed by atoms with Crippen molar-refractivity contribution in [2.24, 2.45) is 0 Å². The molecule has 0 atom stereocenters. The monoisotopic (exact) mass is 380 g/mol. The second-order valence-electron chi connectivity index (χ2n) is 7.73. The first-order valence-electron chi connectivity index (χ1n) is 9.64. The van der Waals surface area contributed by atoms with Gasteiger partial charge in [0.1, 0.15) is 5.82 Å². The molecular formula is C26H21FN2. The van der Waals surface area contributed by atoms with Gasteiger partial charge in [-0.15, -0.1) is 0 Å². The third-order valence-electron chi connectivity index (χ3n) is 5.94. The van der Waals surface area contributed by atoms with Crippen LogP contribution in [0.1, 0.15) is 27.8 Å². The number of hydrogen-bond acceptors (Lipinski definition) is 2. The minimum absolute atomic E-state index is 0.247. The van der Waals surface area contributed by atoms with Crippen LogP contribution in [0.25, 0.3) is 11.1 Å². The average Bonchev–Trinajstić information content (AvgIpc) is 2.99. The number of rotatable bonds is 2. The van der Waals surface area contributed by atoms with Gasteiger partial charge in [0.15, 0.2) is 0 Å². The summed E-state index contributed by atoms with van der Waals surface area (Å²) in [5.41, 5.74) is 20.2. The van der Waals surface area contributed by atoms with Gasteiger partial charge in [-0.25, -0.2) is 4.39 Å². The Morgan fingerprint density at radius 3 is 1.66 bits per heavy atom. The van der Waals surface area contributed by atoms with Crippen molar-refractivity contribution in [2.45, 2.75) is 12.3 Å². The van der Waals surface area contributed by atoms with Gasteiger partial charge in [0.2, 0.25) is 0 Å². The zero-order valence-corrected chi connectivity index (χ0v) is 16.1. The molecule has 0 saturated heterocycles. The molecular weight excluding hydrogens is 359 g/mol. The van der Waals surface area contributed by atoms with Crippen LogP contribution in [0.2, 0.25) is 0 Å². The van der Waals surface area contributed by atoms with E-state index in [1.807, 2.05) is 54.6 Å². The number of fused-ring (bicyclic) bond motifs is 3. The molecule has 0 unspecified atom stereocenters. The summed E-state index contributed by atoms with van der Waals surface area (Å²) in [5, 5.41) is 0. The molecule has 5 rings (SSSR count). The van der Waals surface area contributed by atoms with Gasteiger partial charge in [-0.05, 0) is 76.7 Å². The molecule has 142 valence electrons. The second-order valence-corrected chi connectivity index (χ2v) is 7.73. The first-order chi connectivity index (χ1) is 14.0. The van der Waals surface area contributed by atoms with Crippen LogP contribution in [-0.2, 0) is 5.41 Å². The van der Waals surface area contributed by atoms with Crippen LogP contribution in [0, 0.1) is 12.7 Å². The minimum Gasteiger partial charge on any atom is -0.399 e. The van der Waals surface area contributed by atoms with Gasteiger partial charge in [-0.3, -0.25) is 0 Å². The highest BCUT2D eigenvalue weighted by Crippen LogP contribution is 2.56. The standard InChI is InChI=1S/C26H21FN2/c1-16-2-12-22-23-13-7-19(27)15-25(23)26(24(22)14-16,17-3-8-20(28)9-4-17)18-5-10-21(29)11-6-18/h2-15H,28-29H2,1H3. The molecule has 0 fully saturated rings. The lowest BCUT2D eigenvalue weighted by molar-refractivity contribution is 0.621. The molecule has 0 aliphatic heterocycles. The van der Waals surface area contributed by atoms with Crippen molar-refractivity contribution in [3.63, 3.8) is 0 Å². The minimum atomic E-state index is -0.639. The largest absolute Gasteiger partial charge is 0.399 e. The molecule has 0 bridgehead atoms. The van der Waals surface area contributed by atoms with Crippen molar-refractivity contribution in [1.29, 1.82) is 0 Å². The summed E-state index contributed by atoms with van der Waals surface area (Å²) in [5.74, 6) is -0.247. The fourth-order valence-corrected chi connectivity index (χ4v) is 4.66. The van der Waals surface area contributed by atoms with Crippen LogP contribution < -0.4 is 11.5 Å². The van der Waals surface area contributed by atoms with E-state index in [1.54, 1.807) is 6.07 Å². The first kappa shape index (κ1) is 17.5. The summed E-state index contributed by atoms with van der Waals surface area (Å²) in [6.07, 6.45) is 0. The van der Waals surface area contributed by atoms with E-state index >= 15 is 0 Å². The van der Waals surface area contributed by atoms with Gasteiger partial charge >= 0.3 is 0 Å². The van der Waals surface area contributed by atoms with E-state index in [1.165, 1.54) is 6.07 Å². The van der Waals surface area contributed by atoms with Crippen molar-refractivity contribution in [3.05, 3.63) is 119 Å². The van der Waals surface area contributed by atoms with Crippen molar-refractivity contribution in [1.82, 2.24) is 0 Å². The number of benzene rings is 4. The Hall–Kier alpha value is -3.59. The number of nitrogen functional groups attached to an aromatic ring is 2. The topological polar surface area (TPSA) is 52.0 Å². The summed E-state index contributed by atoms with van der Waals surface area (Å²) in [4.78, 5) is 0. The van der Waals surface area contributed by atoms with Gasteiger partial charge in [0, 0.05) is 11.4 Å². The third kappa shape index (κ3) is 2.47. The Kier molecular flexibility index (Phi) is 3.75. The molecule has 4 aromatic carbocycles. The number of aryl methyl sites for hydroxylation is 1. The molecule has 1 aliphatic rings. The first-order valence-corrected chi connectivity index (χ1v) is 9.64. The highest BCUT2D eigenvalue weighted by atomic mass is 19.1. The van der Waals surface area contributed by atoms with Crippen LogP contribution in [0.5, 0.6) is 0 Å². The number of halogens is 1. The molecule has 0 heterocycles.